The van der Waals surface area contributed by atoms with Crippen molar-refractivity contribution in [1.29, 1.82) is 0 Å². The fourth-order valence-electron chi connectivity index (χ4n) is 0.999. The van der Waals surface area contributed by atoms with Gasteiger partial charge >= 0.3 is 0 Å². The molecule has 90 valence electrons. The third-order valence-electron chi connectivity index (χ3n) is 2.36. The van der Waals surface area contributed by atoms with Gasteiger partial charge in [0.1, 0.15) is 6.61 Å². The molecule has 1 amide bonds. The van der Waals surface area contributed by atoms with E-state index in [-0.39, 0.29) is 24.2 Å². The molecular formula is C10H16N2O4. The van der Waals surface area contributed by atoms with Gasteiger partial charge in [-0.2, -0.15) is 0 Å². The van der Waals surface area contributed by atoms with E-state index in [1.807, 2.05) is 20.8 Å². The van der Waals surface area contributed by atoms with Crippen LogP contribution in [0.25, 0.3) is 0 Å². The molecule has 1 unspecified atom stereocenters. The third kappa shape index (κ3) is 3.32. The summed E-state index contributed by atoms with van der Waals surface area (Å²) in [6.45, 7) is 5.82. The normalized spacial score (nSPS) is 12.8. The SMILES string of the molecule is CC(C)C(C)NC(=O)c1cc(COO)on1. The summed E-state index contributed by atoms with van der Waals surface area (Å²) >= 11 is 0. The van der Waals surface area contributed by atoms with E-state index in [1.54, 1.807) is 0 Å². The van der Waals surface area contributed by atoms with Gasteiger partial charge in [-0.3, -0.25) is 10.1 Å². The van der Waals surface area contributed by atoms with Gasteiger partial charge in [0, 0.05) is 12.1 Å². The van der Waals surface area contributed by atoms with Crippen LogP contribution in [0.2, 0.25) is 0 Å². The van der Waals surface area contributed by atoms with E-state index >= 15 is 0 Å². The number of nitrogens with zero attached hydrogens (tertiary/aromatic N) is 1. The lowest BCUT2D eigenvalue weighted by Crippen LogP contribution is -2.36. The van der Waals surface area contributed by atoms with Gasteiger partial charge in [0.25, 0.3) is 5.91 Å². The number of amides is 1. The van der Waals surface area contributed by atoms with Crippen LogP contribution in [0.1, 0.15) is 37.0 Å². The number of rotatable bonds is 5. The molecule has 0 radical (unpaired) electrons. The Balaban J connectivity index is 2.59. The third-order valence-corrected chi connectivity index (χ3v) is 2.36. The van der Waals surface area contributed by atoms with Crippen LogP contribution in [-0.4, -0.2) is 22.4 Å². The second kappa shape index (κ2) is 5.62. The van der Waals surface area contributed by atoms with Gasteiger partial charge in [-0.05, 0) is 12.8 Å². The van der Waals surface area contributed by atoms with E-state index in [1.165, 1.54) is 6.07 Å². The lowest BCUT2D eigenvalue weighted by molar-refractivity contribution is -0.256. The van der Waals surface area contributed by atoms with E-state index in [9.17, 15) is 4.79 Å². The van der Waals surface area contributed by atoms with E-state index in [4.69, 9.17) is 9.78 Å². The van der Waals surface area contributed by atoms with E-state index in [0.717, 1.165) is 0 Å². The Kier molecular flexibility index (Phi) is 4.45. The van der Waals surface area contributed by atoms with Crippen LogP contribution in [0.5, 0.6) is 0 Å². The highest BCUT2D eigenvalue weighted by molar-refractivity contribution is 5.92. The Morgan fingerprint density at radius 3 is 2.88 bits per heavy atom. The average Bonchev–Trinajstić information content (AvgIpc) is 2.66. The van der Waals surface area contributed by atoms with Crippen LogP contribution in [0.3, 0.4) is 0 Å². The van der Waals surface area contributed by atoms with Crippen molar-refractivity contribution < 1.29 is 19.5 Å². The first-order chi connectivity index (χ1) is 7.54. The summed E-state index contributed by atoms with van der Waals surface area (Å²) in [5.74, 6) is 0.343. The number of carbonyl (C=O) groups excluding carboxylic acids is 1. The molecule has 0 saturated carbocycles. The molecule has 0 aliphatic rings. The zero-order valence-electron chi connectivity index (χ0n) is 9.56. The molecule has 0 bridgehead atoms. The number of hydrogen-bond donors (Lipinski definition) is 2. The zero-order chi connectivity index (χ0) is 12.1. The molecule has 0 fully saturated rings. The quantitative estimate of drug-likeness (QED) is 0.588. The van der Waals surface area contributed by atoms with Gasteiger partial charge in [-0.25, -0.2) is 4.89 Å². The molecule has 0 aromatic carbocycles. The Bertz CT molecular complexity index is 348. The average molecular weight is 228 g/mol. The minimum Gasteiger partial charge on any atom is -0.358 e. The molecule has 0 spiro atoms. The van der Waals surface area contributed by atoms with E-state index in [2.05, 4.69) is 15.4 Å². The molecule has 1 atom stereocenters. The number of aromatic nitrogens is 1. The highest BCUT2D eigenvalue weighted by atomic mass is 17.1. The molecule has 6 nitrogen and oxygen atoms in total. The Morgan fingerprint density at radius 1 is 1.62 bits per heavy atom. The van der Waals surface area contributed by atoms with Crippen LogP contribution in [0.15, 0.2) is 10.6 Å². The summed E-state index contributed by atoms with van der Waals surface area (Å²) in [6.07, 6.45) is 0. The van der Waals surface area contributed by atoms with Gasteiger partial charge in [-0.15, -0.1) is 0 Å². The first-order valence-electron chi connectivity index (χ1n) is 5.07. The molecular weight excluding hydrogens is 212 g/mol. The molecule has 6 heteroatoms. The molecule has 1 aromatic rings. The molecule has 1 heterocycles. The summed E-state index contributed by atoms with van der Waals surface area (Å²) in [5.41, 5.74) is 0.180. The van der Waals surface area contributed by atoms with Gasteiger partial charge in [-0.1, -0.05) is 19.0 Å². The molecule has 0 saturated heterocycles. The smallest absolute Gasteiger partial charge is 0.273 e. The standard InChI is InChI=1S/C10H16N2O4/c1-6(2)7(3)11-10(13)9-4-8(5-15-14)16-12-9/h4,6-7,14H,5H2,1-3H3,(H,11,13). The summed E-state index contributed by atoms with van der Waals surface area (Å²) in [5, 5.41) is 14.6. The Labute approximate surface area is 93.5 Å². The second-order valence-corrected chi connectivity index (χ2v) is 3.96. The van der Waals surface area contributed by atoms with Crippen LogP contribution in [0, 0.1) is 5.92 Å². The number of hydrogen-bond acceptors (Lipinski definition) is 5. The minimum atomic E-state index is -0.297. The molecule has 1 aromatic heterocycles. The molecule has 1 rings (SSSR count). The molecule has 16 heavy (non-hydrogen) atoms. The highest BCUT2D eigenvalue weighted by Crippen LogP contribution is 2.06. The Morgan fingerprint density at radius 2 is 2.31 bits per heavy atom. The van der Waals surface area contributed by atoms with Crippen molar-refractivity contribution in [3.8, 4) is 0 Å². The van der Waals surface area contributed by atoms with Gasteiger partial charge in [0.2, 0.25) is 0 Å². The summed E-state index contributed by atoms with van der Waals surface area (Å²) in [7, 11) is 0. The fourth-order valence-corrected chi connectivity index (χ4v) is 0.999. The van der Waals surface area contributed by atoms with Gasteiger partial charge in [0.05, 0.1) is 0 Å². The topological polar surface area (TPSA) is 84.6 Å². The first-order valence-corrected chi connectivity index (χ1v) is 5.07. The van der Waals surface area contributed by atoms with Crippen molar-refractivity contribution >= 4 is 5.91 Å². The Hall–Kier alpha value is -1.40. The predicted octanol–water partition coefficient (Wildman–Crippen LogP) is 1.44. The number of carbonyl (C=O) groups is 1. The van der Waals surface area contributed by atoms with Crippen molar-refractivity contribution in [3.63, 3.8) is 0 Å². The maximum Gasteiger partial charge on any atom is 0.273 e. The summed E-state index contributed by atoms with van der Waals surface area (Å²) in [6, 6.07) is 1.49. The van der Waals surface area contributed by atoms with Crippen molar-refractivity contribution in [3.05, 3.63) is 17.5 Å². The van der Waals surface area contributed by atoms with Gasteiger partial charge in [0.15, 0.2) is 11.5 Å². The zero-order valence-corrected chi connectivity index (χ0v) is 9.56. The van der Waals surface area contributed by atoms with E-state index in [0.29, 0.717) is 11.7 Å². The second-order valence-electron chi connectivity index (χ2n) is 3.96. The fraction of sp³-hybridized carbons (Fsp3) is 0.600. The maximum atomic E-state index is 11.6. The van der Waals surface area contributed by atoms with Crippen molar-refractivity contribution in [1.82, 2.24) is 10.5 Å². The lowest BCUT2D eigenvalue weighted by atomic mass is 10.1. The number of nitrogens with one attached hydrogen (secondary N) is 1. The van der Waals surface area contributed by atoms with Crippen molar-refractivity contribution in [2.24, 2.45) is 5.92 Å². The minimum absolute atomic E-state index is 0.0572. The maximum absolute atomic E-state index is 11.6. The summed E-state index contributed by atoms with van der Waals surface area (Å²) < 4.78 is 4.77. The molecule has 0 aliphatic heterocycles. The first kappa shape index (κ1) is 12.7. The van der Waals surface area contributed by atoms with Crippen molar-refractivity contribution in [2.45, 2.75) is 33.4 Å². The van der Waals surface area contributed by atoms with Crippen LogP contribution >= 0.6 is 0 Å². The summed E-state index contributed by atoms with van der Waals surface area (Å²) in [4.78, 5) is 15.5. The highest BCUT2D eigenvalue weighted by Gasteiger charge is 2.16. The van der Waals surface area contributed by atoms with Crippen molar-refractivity contribution in [2.75, 3.05) is 0 Å². The van der Waals surface area contributed by atoms with Crippen LogP contribution in [0.4, 0.5) is 0 Å². The largest absolute Gasteiger partial charge is 0.358 e. The molecule has 2 N–H and O–H groups in total. The van der Waals surface area contributed by atoms with E-state index < -0.39 is 0 Å². The molecule has 0 aliphatic carbocycles. The van der Waals surface area contributed by atoms with Gasteiger partial charge < -0.3 is 9.84 Å². The van der Waals surface area contributed by atoms with Crippen LogP contribution in [-0.2, 0) is 11.5 Å². The monoisotopic (exact) mass is 228 g/mol. The predicted molar refractivity (Wildman–Crippen MR) is 55.7 cm³/mol. The lowest BCUT2D eigenvalue weighted by Gasteiger charge is -2.16. The van der Waals surface area contributed by atoms with Crippen LogP contribution < -0.4 is 5.32 Å².